The van der Waals surface area contributed by atoms with Gasteiger partial charge in [0.1, 0.15) is 6.61 Å². The molecule has 30 heavy (non-hydrogen) atoms. The Kier molecular flexibility index (Phi) is 5.38. The molecular weight excluding hydrogens is 378 g/mol. The van der Waals surface area contributed by atoms with E-state index >= 15 is 0 Å². The van der Waals surface area contributed by atoms with Crippen molar-refractivity contribution in [2.45, 2.75) is 18.9 Å². The Hall–Kier alpha value is -3.44. The van der Waals surface area contributed by atoms with Crippen LogP contribution < -0.4 is 5.73 Å². The number of ether oxygens (including phenoxy) is 1. The molecule has 1 aliphatic carbocycles. The van der Waals surface area contributed by atoms with Crippen LogP contribution in [0.2, 0.25) is 0 Å². The summed E-state index contributed by atoms with van der Waals surface area (Å²) in [6.45, 7) is 1.99. The Morgan fingerprint density at radius 2 is 1.47 bits per heavy atom. The molecule has 5 nitrogen and oxygen atoms in total. The fraction of sp³-hybridized carbons (Fsp3) is 0.200. The fourth-order valence-electron chi connectivity index (χ4n) is 4.08. The molecule has 152 valence electrons. The van der Waals surface area contributed by atoms with E-state index in [9.17, 15) is 14.7 Å². The van der Waals surface area contributed by atoms with E-state index in [1.54, 1.807) is 12.1 Å². The third-order valence-corrected chi connectivity index (χ3v) is 5.70. The third-order valence-electron chi connectivity index (χ3n) is 5.70. The number of carboxylic acids is 1. The van der Waals surface area contributed by atoms with E-state index in [2.05, 4.69) is 0 Å². The molecule has 0 aliphatic heterocycles. The standard InChI is InChI=1S/C25H23NO4/c1-15-10-12-16(13-11-15)23(26)22(24(27)28)25(29)30-14-21-19-8-4-2-6-17(19)18-7-3-5-9-20(18)21/h2-13,21-23H,14,26H2,1H3,(H,27,28)/t22-,23?/m1/s1. The van der Waals surface area contributed by atoms with Gasteiger partial charge in [-0.15, -0.1) is 0 Å². The third kappa shape index (κ3) is 3.60. The van der Waals surface area contributed by atoms with Crippen LogP contribution in [-0.4, -0.2) is 23.7 Å². The van der Waals surface area contributed by atoms with Gasteiger partial charge in [-0.25, -0.2) is 0 Å². The van der Waals surface area contributed by atoms with E-state index in [1.807, 2.05) is 67.6 Å². The number of nitrogens with two attached hydrogens (primary N) is 1. The Morgan fingerprint density at radius 3 is 2.00 bits per heavy atom. The average Bonchev–Trinajstić information content (AvgIpc) is 3.06. The molecule has 0 heterocycles. The van der Waals surface area contributed by atoms with Gasteiger partial charge in [0.25, 0.3) is 0 Å². The Balaban J connectivity index is 1.54. The molecule has 0 bridgehead atoms. The van der Waals surface area contributed by atoms with E-state index in [-0.39, 0.29) is 12.5 Å². The van der Waals surface area contributed by atoms with Gasteiger partial charge in [-0.3, -0.25) is 9.59 Å². The predicted octanol–water partition coefficient (Wildman–Crippen LogP) is 4.05. The Labute approximate surface area is 175 Å². The van der Waals surface area contributed by atoms with Crippen molar-refractivity contribution in [1.82, 2.24) is 0 Å². The van der Waals surface area contributed by atoms with Crippen LogP contribution >= 0.6 is 0 Å². The number of carbonyl (C=O) groups excluding carboxylic acids is 1. The minimum Gasteiger partial charge on any atom is -0.481 e. The summed E-state index contributed by atoms with van der Waals surface area (Å²) >= 11 is 0. The number of hydrogen-bond donors (Lipinski definition) is 2. The predicted molar refractivity (Wildman–Crippen MR) is 114 cm³/mol. The molecule has 5 heteroatoms. The number of carbonyl (C=O) groups is 2. The zero-order valence-electron chi connectivity index (χ0n) is 16.6. The number of rotatable bonds is 6. The molecule has 4 rings (SSSR count). The molecule has 0 aromatic heterocycles. The lowest BCUT2D eigenvalue weighted by atomic mass is 9.93. The fourth-order valence-corrected chi connectivity index (χ4v) is 4.08. The van der Waals surface area contributed by atoms with Gasteiger partial charge in [0.2, 0.25) is 0 Å². The van der Waals surface area contributed by atoms with E-state index in [0.717, 1.165) is 27.8 Å². The molecule has 1 unspecified atom stereocenters. The molecule has 2 atom stereocenters. The molecular formula is C25H23NO4. The van der Waals surface area contributed by atoms with Crippen molar-refractivity contribution in [3.8, 4) is 11.1 Å². The quantitative estimate of drug-likeness (QED) is 0.480. The Bertz CT molecular complexity index is 1040. The van der Waals surface area contributed by atoms with E-state index in [0.29, 0.717) is 5.56 Å². The molecule has 3 aromatic carbocycles. The highest BCUT2D eigenvalue weighted by Crippen LogP contribution is 2.44. The number of hydrogen-bond acceptors (Lipinski definition) is 4. The van der Waals surface area contributed by atoms with Crippen LogP contribution in [0, 0.1) is 12.8 Å². The largest absolute Gasteiger partial charge is 0.481 e. The van der Waals surface area contributed by atoms with Gasteiger partial charge in [0, 0.05) is 5.92 Å². The molecule has 0 spiro atoms. The van der Waals surface area contributed by atoms with Crippen LogP contribution in [0.3, 0.4) is 0 Å². The smallest absolute Gasteiger partial charge is 0.322 e. The van der Waals surface area contributed by atoms with Gasteiger partial charge in [0.15, 0.2) is 5.92 Å². The summed E-state index contributed by atoms with van der Waals surface area (Å²) in [5.74, 6) is -3.72. The highest BCUT2D eigenvalue weighted by atomic mass is 16.5. The van der Waals surface area contributed by atoms with E-state index in [4.69, 9.17) is 10.5 Å². The van der Waals surface area contributed by atoms with Gasteiger partial charge in [0.05, 0.1) is 6.04 Å². The van der Waals surface area contributed by atoms with Crippen molar-refractivity contribution < 1.29 is 19.4 Å². The second-order valence-electron chi connectivity index (χ2n) is 7.61. The van der Waals surface area contributed by atoms with Crippen LogP contribution in [-0.2, 0) is 14.3 Å². The lowest BCUT2D eigenvalue weighted by molar-refractivity contribution is -0.160. The van der Waals surface area contributed by atoms with Crippen LogP contribution in [0.5, 0.6) is 0 Å². The number of carboxylic acid groups (broad SMARTS) is 1. The maximum absolute atomic E-state index is 12.8. The SMILES string of the molecule is Cc1ccc(C(N)[C@H](C(=O)O)C(=O)OCC2c3ccccc3-c3ccccc32)cc1. The van der Waals surface area contributed by atoms with Crippen LogP contribution in [0.4, 0.5) is 0 Å². The Morgan fingerprint density at radius 1 is 0.933 bits per heavy atom. The lowest BCUT2D eigenvalue weighted by Gasteiger charge is -2.21. The van der Waals surface area contributed by atoms with Crippen LogP contribution in [0.15, 0.2) is 72.8 Å². The first kappa shape index (κ1) is 19.9. The highest BCUT2D eigenvalue weighted by molar-refractivity contribution is 5.95. The maximum Gasteiger partial charge on any atom is 0.322 e. The molecule has 3 aromatic rings. The maximum atomic E-state index is 12.8. The van der Waals surface area contributed by atoms with Gasteiger partial charge in [-0.2, -0.15) is 0 Å². The topological polar surface area (TPSA) is 89.6 Å². The summed E-state index contributed by atoms with van der Waals surface area (Å²) in [5, 5.41) is 9.66. The van der Waals surface area contributed by atoms with Gasteiger partial charge in [-0.1, -0.05) is 78.4 Å². The highest BCUT2D eigenvalue weighted by Gasteiger charge is 2.36. The number of benzene rings is 3. The molecule has 1 aliphatic rings. The number of fused-ring (bicyclic) bond motifs is 3. The zero-order chi connectivity index (χ0) is 21.3. The van der Waals surface area contributed by atoms with Gasteiger partial charge < -0.3 is 15.6 Å². The minimum atomic E-state index is -1.47. The minimum absolute atomic E-state index is 0.0667. The summed E-state index contributed by atoms with van der Waals surface area (Å²) < 4.78 is 5.53. The van der Waals surface area contributed by atoms with Crippen molar-refractivity contribution in [3.63, 3.8) is 0 Å². The van der Waals surface area contributed by atoms with Crippen molar-refractivity contribution in [2.75, 3.05) is 6.61 Å². The molecule has 3 N–H and O–H groups in total. The van der Waals surface area contributed by atoms with E-state index in [1.165, 1.54) is 0 Å². The molecule has 0 saturated carbocycles. The molecule has 0 amide bonds. The normalized spacial score (nSPS) is 14.5. The van der Waals surface area contributed by atoms with Gasteiger partial charge in [-0.05, 0) is 34.7 Å². The summed E-state index contributed by atoms with van der Waals surface area (Å²) in [5.41, 5.74) is 12.1. The number of aliphatic carboxylic acids is 1. The lowest BCUT2D eigenvalue weighted by Crippen LogP contribution is -2.36. The van der Waals surface area contributed by atoms with Crippen LogP contribution in [0.1, 0.15) is 34.2 Å². The second-order valence-corrected chi connectivity index (χ2v) is 7.61. The summed E-state index contributed by atoms with van der Waals surface area (Å²) in [4.78, 5) is 24.6. The molecule has 0 radical (unpaired) electrons. The summed E-state index contributed by atoms with van der Waals surface area (Å²) in [7, 11) is 0. The summed E-state index contributed by atoms with van der Waals surface area (Å²) in [6, 6.07) is 22.2. The first-order valence-corrected chi connectivity index (χ1v) is 9.87. The van der Waals surface area contributed by atoms with Crippen molar-refractivity contribution in [2.24, 2.45) is 11.7 Å². The van der Waals surface area contributed by atoms with Crippen molar-refractivity contribution in [1.29, 1.82) is 0 Å². The molecule has 0 saturated heterocycles. The van der Waals surface area contributed by atoms with Gasteiger partial charge >= 0.3 is 11.9 Å². The zero-order valence-corrected chi connectivity index (χ0v) is 16.6. The van der Waals surface area contributed by atoms with Crippen molar-refractivity contribution >= 4 is 11.9 Å². The van der Waals surface area contributed by atoms with Crippen molar-refractivity contribution in [3.05, 3.63) is 95.1 Å². The first-order valence-electron chi connectivity index (χ1n) is 9.87. The monoisotopic (exact) mass is 401 g/mol. The van der Waals surface area contributed by atoms with Crippen LogP contribution in [0.25, 0.3) is 11.1 Å². The number of esters is 1. The summed E-state index contributed by atoms with van der Waals surface area (Å²) in [6.07, 6.45) is 0. The average molecular weight is 401 g/mol. The number of aryl methyl sites for hydroxylation is 1. The molecule has 0 fully saturated rings. The van der Waals surface area contributed by atoms with E-state index < -0.39 is 23.9 Å². The first-order chi connectivity index (χ1) is 14.5. The second kappa shape index (κ2) is 8.13.